The molecule has 0 aliphatic heterocycles. The highest BCUT2D eigenvalue weighted by Crippen LogP contribution is 2.32. The molecule has 7 heteroatoms. The molecule has 186 valence electrons. The smallest absolute Gasteiger partial charge is 0.215 e. The first kappa shape index (κ1) is 24.6. The summed E-state index contributed by atoms with van der Waals surface area (Å²) in [6.07, 6.45) is 0. The minimum Gasteiger partial charge on any atom is -0.410 e. The van der Waals surface area contributed by atoms with E-state index in [2.05, 4.69) is 9.72 Å². The van der Waals surface area contributed by atoms with E-state index in [0.29, 0.717) is 41.3 Å². The molecule has 3 aromatic carbocycles. The van der Waals surface area contributed by atoms with Crippen molar-refractivity contribution >= 4 is 50.4 Å². The number of aryl methyl sites for hydroxylation is 1. The fourth-order valence-electron chi connectivity index (χ4n) is 4.67. The zero-order chi connectivity index (χ0) is 25.9. The molecule has 2 heterocycles. The molecule has 37 heavy (non-hydrogen) atoms. The maximum Gasteiger partial charge on any atom is 0.215 e. The zero-order valence-corrected chi connectivity index (χ0v) is 21.4. The van der Waals surface area contributed by atoms with Gasteiger partial charge in [0.05, 0.1) is 11.5 Å². The van der Waals surface area contributed by atoms with Crippen molar-refractivity contribution in [1.82, 2.24) is 4.57 Å². The molecule has 5 rings (SSSR count). The van der Waals surface area contributed by atoms with E-state index >= 15 is 0 Å². The number of carbonyl (C=O) groups is 2. The number of Topliss-reactive ketones (excluding diaryl/α,β-unsaturated/α-hetero) is 1. The Morgan fingerprint density at radius 2 is 1.65 bits per heavy atom. The lowest BCUT2D eigenvalue weighted by Crippen LogP contribution is -2.17. The fourth-order valence-corrected chi connectivity index (χ4v) is 5.36. The number of aromatic nitrogens is 1. The minimum absolute atomic E-state index is 0.00824. The van der Waals surface area contributed by atoms with Gasteiger partial charge in [0.2, 0.25) is 11.6 Å². The average Bonchev–Trinajstić information content (AvgIpc) is 3.56. The van der Waals surface area contributed by atoms with Crippen LogP contribution in [-0.2, 0) is 11.3 Å². The second-order valence-corrected chi connectivity index (χ2v) is 9.66. The number of benzene rings is 3. The van der Waals surface area contributed by atoms with Crippen molar-refractivity contribution < 1.29 is 19.5 Å². The topological polar surface area (TPSA) is 80.9 Å². The van der Waals surface area contributed by atoms with E-state index < -0.39 is 0 Å². The van der Waals surface area contributed by atoms with Crippen molar-refractivity contribution in [3.63, 3.8) is 0 Å². The van der Waals surface area contributed by atoms with Gasteiger partial charge in [0.1, 0.15) is 0 Å². The Labute approximate surface area is 218 Å². The molecule has 2 aromatic heterocycles. The van der Waals surface area contributed by atoms with Crippen molar-refractivity contribution in [3.05, 3.63) is 105 Å². The standard InChI is InChI=1S/C30H26N2O4S/c1-3-36-15-14-32-25-12-10-20(29(33)27-9-6-16-37-27)17-23(25)24-18-21(11-13-26(24)32)30(34)28(31-35)22-8-5-4-7-19(22)2/h4-13,16-18,35H,3,14-15H2,1-2H3. The molecule has 0 aliphatic rings. The quantitative estimate of drug-likeness (QED) is 0.0808. The van der Waals surface area contributed by atoms with E-state index in [4.69, 9.17) is 4.74 Å². The highest BCUT2D eigenvalue weighted by Gasteiger charge is 2.21. The number of ether oxygens (including phenoxy) is 1. The van der Waals surface area contributed by atoms with Crippen LogP contribution in [0.5, 0.6) is 0 Å². The number of rotatable bonds is 9. The van der Waals surface area contributed by atoms with Gasteiger partial charge in [-0.25, -0.2) is 0 Å². The molecule has 0 spiro atoms. The number of thiophene rings is 1. The maximum absolute atomic E-state index is 13.5. The van der Waals surface area contributed by atoms with Gasteiger partial charge in [-0.1, -0.05) is 35.5 Å². The van der Waals surface area contributed by atoms with E-state index in [1.54, 1.807) is 12.1 Å². The van der Waals surface area contributed by atoms with Crippen LogP contribution in [0.1, 0.15) is 43.6 Å². The van der Waals surface area contributed by atoms with Gasteiger partial charge >= 0.3 is 0 Å². The number of hydrogen-bond acceptors (Lipinski definition) is 6. The van der Waals surface area contributed by atoms with Crippen molar-refractivity contribution in [2.24, 2.45) is 5.16 Å². The molecule has 0 radical (unpaired) electrons. The molecule has 0 aliphatic carbocycles. The summed E-state index contributed by atoms with van der Waals surface area (Å²) in [6, 6.07) is 22.2. The molecular formula is C30H26N2O4S. The summed E-state index contributed by atoms with van der Waals surface area (Å²) in [6.45, 7) is 5.62. The molecule has 1 N–H and O–H groups in total. The Morgan fingerprint density at radius 1 is 0.946 bits per heavy atom. The maximum atomic E-state index is 13.5. The first-order chi connectivity index (χ1) is 18.0. The Hall–Kier alpha value is -4.07. The summed E-state index contributed by atoms with van der Waals surface area (Å²) < 4.78 is 7.76. The van der Waals surface area contributed by atoms with Crippen molar-refractivity contribution in [3.8, 4) is 0 Å². The molecule has 0 saturated heterocycles. The van der Waals surface area contributed by atoms with Crippen LogP contribution in [0.3, 0.4) is 0 Å². The molecule has 5 aromatic rings. The fraction of sp³-hybridized carbons (Fsp3) is 0.167. The summed E-state index contributed by atoms with van der Waals surface area (Å²) >= 11 is 1.41. The average molecular weight is 511 g/mol. The molecule has 0 unspecified atom stereocenters. The summed E-state index contributed by atoms with van der Waals surface area (Å²) in [5.74, 6) is -0.409. The Bertz CT molecular complexity index is 1650. The summed E-state index contributed by atoms with van der Waals surface area (Å²) in [5.41, 5.74) is 4.30. The van der Waals surface area contributed by atoms with Gasteiger partial charge in [-0.3, -0.25) is 9.59 Å². The van der Waals surface area contributed by atoms with Crippen LogP contribution in [0.15, 0.2) is 83.3 Å². The Balaban J connectivity index is 1.65. The minimum atomic E-state index is -0.375. The van der Waals surface area contributed by atoms with Crippen molar-refractivity contribution in [2.45, 2.75) is 20.4 Å². The third-order valence-electron chi connectivity index (χ3n) is 6.51. The van der Waals surface area contributed by atoms with Crippen molar-refractivity contribution in [2.75, 3.05) is 13.2 Å². The van der Waals surface area contributed by atoms with E-state index in [1.165, 1.54) is 11.3 Å². The van der Waals surface area contributed by atoms with E-state index in [-0.39, 0.29) is 17.3 Å². The highest BCUT2D eigenvalue weighted by atomic mass is 32.1. The van der Waals surface area contributed by atoms with Gasteiger partial charge < -0.3 is 14.5 Å². The Morgan fingerprint density at radius 3 is 2.30 bits per heavy atom. The van der Waals surface area contributed by atoms with Gasteiger partial charge in [-0.2, -0.15) is 0 Å². The van der Waals surface area contributed by atoms with Gasteiger partial charge in [-0.05, 0) is 67.3 Å². The summed E-state index contributed by atoms with van der Waals surface area (Å²) in [4.78, 5) is 27.2. The summed E-state index contributed by atoms with van der Waals surface area (Å²) in [7, 11) is 0. The SMILES string of the molecule is CCOCCn1c2ccc(C(=O)C(=NO)c3ccccc3C)cc2c2cc(C(=O)c3cccs3)ccc21. The largest absolute Gasteiger partial charge is 0.410 e. The van der Waals surface area contributed by atoms with Crippen LogP contribution in [0.2, 0.25) is 0 Å². The second-order valence-electron chi connectivity index (χ2n) is 8.71. The van der Waals surface area contributed by atoms with E-state index in [1.807, 2.05) is 79.9 Å². The number of fused-ring (bicyclic) bond motifs is 3. The van der Waals surface area contributed by atoms with Gasteiger partial charge in [-0.15, -0.1) is 11.3 Å². The third-order valence-corrected chi connectivity index (χ3v) is 7.38. The predicted molar refractivity (Wildman–Crippen MR) is 148 cm³/mol. The lowest BCUT2D eigenvalue weighted by Gasteiger charge is -2.09. The van der Waals surface area contributed by atoms with Crippen LogP contribution in [0.25, 0.3) is 21.8 Å². The second kappa shape index (κ2) is 10.5. The summed E-state index contributed by atoms with van der Waals surface area (Å²) in [5, 5.41) is 16.7. The Kier molecular flexibility index (Phi) is 6.99. The van der Waals surface area contributed by atoms with Crippen molar-refractivity contribution in [1.29, 1.82) is 0 Å². The lowest BCUT2D eigenvalue weighted by molar-refractivity contribution is 0.104. The lowest BCUT2D eigenvalue weighted by atomic mass is 9.96. The van der Waals surface area contributed by atoms with Crippen LogP contribution in [0, 0.1) is 6.92 Å². The molecule has 0 atom stereocenters. The van der Waals surface area contributed by atoms with E-state index in [9.17, 15) is 14.8 Å². The molecular weight excluding hydrogens is 484 g/mol. The molecule has 6 nitrogen and oxygen atoms in total. The zero-order valence-electron chi connectivity index (χ0n) is 20.6. The number of oxime groups is 1. The monoisotopic (exact) mass is 510 g/mol. The number of nitrogens with zero attached hydrogens (tertiary/aromatic N) is 2. The van der Waals surface area contributed by atoms with E-state index in [0.717, 1.165) is 27.4 Å². The first-order valence-electron chi connectivity index (χ1n) is 12.1. The van der Waals surface area contributed by atoms with Gasteiger partial charge in [0.15, 0.2) is 5.71 Å². The normalized spacial score (nSPS) is 11.9. The molecule has 0 bridgehead atoms. The van der Waals surface area contributed by atoms with Gasteiger partial charge in [0.25, 0.3) is 0 Å². The number of hydrogen-bond donors (Lipinski definition) is 1. The molecule has 0 saturated carbocycles. The molecule has 0 fully saturated rings. The predicted octanol–water partition coefficient (Wildman–Crippen LogP) is 6.49. The molecule has 0 amide bonds. The number of ketones is 2. The van der Waals surface area contributed by atoms with Gasteiger partial charge in [0, 0.05) is 51.6 Å². The van der Waals surface area contributed by atoms with Crippen LogP contribution in [0.4, 0.5) is 0 Å². The number of carbonyl (C=O) groups excluding carboxylic acids is 2. The van der Waals surface area contributed by atoms with Crippen LogP contribution < -0.4 is 0 Å². The third kappa shape index (κ3) is 4.59. The first-order valence-corrected chi connectivity index (χ1v) is 13.0. The highest BCUT2D eigenvalue weighted by molar-refractivity contribution is 7.12. The van der Waals surface area contributed by atoms with Crippen LogP contribution in [-0.4, -0.2) is 40.3 Å². The van der Waals surface area contributed by atoms with Crippen LogP contribution >= 0.6 is 11.3 Å².